The van der Waals surface area contributed by atoms with Crippen molar-refractivity contribution in [2.45, 2.75) is 46.0 Å². The Morgan fingerprint density at radius 1 is 1.07 bits per heavy atom. The quantitative estimate of drug-likeness (QED) is 0.632. The second-order valence-electron chi connectivity index (χ2n) is 7.22. The Morgan fingerprint density at radius 2 is 1.82 bits per heavy atom. The van der Waals surface area contributed by atoms with Crippen LogP contribution in [0.3, 0.4) is 0 Å². The third kappa shape index (κ3) is 4.97. The highest BCUT2D eigenvalue weighted by molar-refractivity contribution is 5.65. The van der Waals surface area contributed by atoms with Gasteiger partial charge in [0.25, 0.3) is 0 Å². The molecule has 28 heavy (non-hydrogen) atoms. The van der Waals surface area contributed by atoms with E-state index in [0.29, 0.717) is 18.3 Å². The number of hydrogen-bond donors (Lipinski definition) is 1. The van der Waals surface area contributed by atoms with E-state index < -0.39 is 0 Å². The first kappa shape index (κ1) is 20.0. The zero-order chi connectivity index (χ0) is 20.1. The van der Waals surface area contributed by atoms with Gasteiger partial charge in [-0.15, -0.1) is 0 Å². The number of ether oxygens (including phenoxy) is 1. The first-order valence-corrected chi connectivity index (χ1v) is 9.55. The molecule has 0 bridgehead atoms. The molecule has 0 saturated carbocycles. The summed E-state index contributed by atoms with van der Waals surface area (Å²) in [6.45, 7) is 7.08. The van der Waals surface area contributed by atoms with Gasteiger partial charge in [-0.1, -0.05) is 35.5 Å². The van der Waals surface area contributed by atoms with Crippen LogP contribution < -0.4 is 10.5 Å². The fourth-order valence-electron chi connectivity index (χ4n) is 3.03. The smallest absolute Gasteiger partial charge is 0.240 e. The topological polar surface area (TPSA) is 77.4 Å². The van der Waals surface area contributed by atoms with Gasteiger partial charge in [0.05, 0.1) is 19.2 Å². The minimum atomic E-state index is 0.172. The summed E-state index contributed by atoms with van der Waals surface area (Å²) < 4.78 is 10.8. The van der Waals surface area contributed by atoms with Gasteiger partial charge >= 0.3 is 0 Å². The van der Waals surface area contributed by atoms with Crippen LogP contribution in [0.15, 0.2) is 53.1 Å². The van der Waals surface area contributed by atoms with Gasteiger partial charge < -0.3 is 15.0 Å². The van der Waals surface area contributed by atoms with Crippen LogP contribution in [0.1, 0.15) is 44.1 Å². The van der Waals surface area contributed by atoms with Crippen molar-refractivity contribution in [3.8, 4) is 16.9 Å². The monoisotopic (exact) mass is 380 g/mol. The second-order valence-corrected chi connectivity index (χ2v) is 7.22. The number of nitrogens with two attached hydrogens (primary N) is 1. The van der Waals surface area contributed by atoms with Crippen molar-refractivity contribution >= 4 is 0 Å². The van der Waals surface area contributed by atoms with Crippen LogP contribution in [0.2, 0.25) is 0 Å². The summed E-state index contributed by atoms with van der Waals surface area (Å²) in [5.74, 6) is 2.00. The predicted molar refractivity (Wildman–Crippen MR) is 110 cm³/mol. The molecule has 0 aliphatic heterocycles. The van der Waals surface area contributed by atoms with E-state index in [4.69, 9.17) is 15.0 Å². The van der Waals surface area contributed by atoms with Crippen molar-refractivity contribution in [2.24, 2.45) is 5.73 Å². The molecule has 6 nitrogen and oxygen atoms in total. The van der Waals surface area contributed by atoms with Crippen molar-refractivity contribution in [3.63, 3.8) is 0 Å². The fourth-order valence-corrected chi connectivity index (χ4v) is 3.03. The lowest BCUT2D eigenvalue weighted by Gasteiger charge is -2.24. The van der Waals surface area contributed by atoms with Crippen LogP contribution in [-0.4, -0.2) is 28.2 Å². The van der Waals surface area contributed by atoms with Crippen LogP contribution in [0, 0.1) is 0 Å². The highest BCUT2D eigenvalue weighted by Gasteiger charge is 2.15. The van der Waals surface area contributed by atoms with Gasteiger partial charge in [0.15, 0.2) is 5.82 Å². The van der Waals surface area contributed by atoms with Crippen LogP contribution >= 0.6 is 0 Å². The maximum Gasteiger partial charge on any atom is 0.240 e. The summed E-state index contributed by atoms with van der Waals surface area (Å²) in [4.78, 5) is 6.47. The lowest BCUT2D eigenvalue weighted by Crippen LogP contribution is -2.22. The summed E-state index contributed by atoms with van der Waals surface area (Å²) in [5.41, 5.74) is 9.10. The molecular weight excluding hydrogens is 352 g/mol. The Labute approximate surface area is 166 Å². The average Bonchev–Trinajstić information content (AvgIpc) is 3.15. The molecule has 1 unspecified atom stereocenters. The Kier molecular flexibility index (Phi) is 6.44. The SMILES string of the molecule is CC(C)Oc1ccc(-c2cccc(C(C)N(C)Cc3noc(CN)n3)c2)cc1. The van der Waals surface area contributed by atoms with Crippen molar-refractivity contribution in [1.82, 2.24) is 15.0 Å². The highest BCUT2D eigenvalue weighted by atomic mass is 16.5. The summed E-state index contributed by atoms with van der Waals surface area (Å²) >= 11 is 0. The van der Waals surface area contributed by atoms with Crippen molar-refractivity contribution in [2.75, 3.05) is 7.05 Å². The van der Waals surface area contributed by atoms with Crippen molar-refractivity contribution in [1.29, 1.82) is 0 Å². The van der Waals surface area contributed by atoms with Gasteiger partial charge in [0.1, 0.15) is 5.75 Å². The molecule has 0 saturated heterocycles. The largest absolute Gasteiger partial charge is 0.491 e. The number of benzene rings is 2. The van der Waals surface area contributed by atoms with E-state index in [-0.39, 0.29) is 18.7 Å². The highest BCUT2D eigenvalue weighted by Crippen LogP contribution is 2.27. The molecule has 0 amide bonds. The van der Waals surface area contributed by atoms with E-state index in [1.165, 1.54) is 16.7 Å². The van der Waals surface area contributed by atoms with Crippen LogP contribution in [0.25, 0.3) is 11.1 Å². The lowest BCUT2D eigenvalue weighted by molar-refractivity contribution is 0.242. The Hall–Kier alpha value is -2.70. The van der Waals surface area contributed by atoms with Gasteiger partial charge in [-0.25, -0.2) is 0 Å². The maximum absolute atomic E-state index is 5.73. The molecule has 3 rings (SSSR count). The molecule has 6 heteroatoms. The molecule has 1 atom stereocenters. The molecular formula is C22H28N4O2. The first-order chi connectivity index (χ1) is 13.5. The van der Waals surface area contributed by atoms with Gasteiger partial charge in [-0.05, 0) is 62.7 Å². The molecule has 2 aromatic carbocycles. The van der Waals surface area contributed by atoms with E-state index in [2.05, 4.69) is 58.4 Å². The van der Waals surface area contributed by atoms with Gasteiger partial charge in [-0.3, -0.25) is 4.90 Å². The van der Waals surface area contributed by atoms with Gasteiger partial charge in [-0.2, -0.15) is 4.98 Å². The molecule has 0 aliphatic rings. The predicted octanol–water partition coefficient (Wildman–Crippen LogP) is 4.18. The minimum Gasteiger partial charge on any atom is -0.491 e. The number of nitrogens with zero attached hydrogens (tertiary/aromatic N) is 3. The summed E-state index contributed by atoms with van der Waals surface area (Å²) in [5, 5.41) is 3.98. The van der Waals surface area contributed by atoms with E-state index in [1.807, 2.05) is 33.0 Å². The molecule has 0 aliphatic carbocycles. The maximum atomic E-state index is 5.73. The van der Waals surface area contributed by atoms with Crippen LogP contribution in [0.4, 0.5) is 0 Å². The van der Waals surface area contributed by atoms with Gasteiger partial charge in [0, 0.05) is 6.04 Å². The normalized spacial score (nSPS) is 12.5. The summed E-state index contributed by atoms with van der Waals surface area (Å²) in [6, 6.07) is 17.0. The molecule has 2 N–H and O–H groups in total. The number of hydrogen-bond acceptors (Lipinski definition) is 6. The molecule has 1 aromatic heterocycles. The standard InChI is InChI=1S/C22H28N4O2/c1-15(2)27-20-10-8-17(9-11-20)19-7-5-6-18(12-19)16(3)26(4)14-21-24-22(13-23)28-25-21/h5-12,15-16H,13-14,23H2,1-4H3. The second kappa shape index (κ2) is 8.99. The third-order valence-corrected chi connectivity index (χ3v) is 4.67. The molecule has 148 valence electrons. The zero-order valence-corrected chi connectivity index (χ0v) is 16.9. The molecule has 3 aromatic rings. The third-order valence-electron chi connectivity index (χ3n) is 4.67. The zero-order valence-electron chi connectivity index (χ0n) is 16.9. The van der Waals surface area contributed by atoms with E-state index >= 15 is 0 Å². The lowest BCUT2D eigenvalue weighted by atomic mass is 9.99. The molecule has 0 radical (unpaired) electrons. The Bertz CT molecular complexity index is 890. The fraction of sp³-hybridized carbons (Fsp3) is 0.364. The minimum absolute atomic E-state index is 0.172. The van der Waals surface area contributed by atoms with E-state index in [0.717, 1.165) is 5.75 Å². The molecule has 0 fully saturated rings. The Morgan fingerprint density at radius 3 is 2.46 bits per heavy atom. The van der Waals surface area contributed by atoms with Gasteiger partial charge in [0.2, 0.25) is 5.89 Å². The van der Waals surface area contributed by atoms with E-state index in [1.54, 1.807) is 0 Å². The first-order valence-electron chi connectivity index (χ1n) is 9.55. The average molecular weight is 380 g/mol. The summed E-state index contributed by atoms with van der Waals surface area (Å²) in [7, 11) is 2.05. The van der Waals surface area contributed by atoms with Crippen LogP contribution in [-0.2, 0) is 13.1 Å². The van der Waals surface area contributed by atoms with E-state index in [9.17, 15) is 0 Å². The number of aromatic nitrogens is 2. The van der Waals surface area contributed by atoms with Crippen molar-refractivity contribution in [3.05, 3.63) is 65.8 Å². The number of rotatable bonds is 8. The summed E-state index contributed by atoms with van der Waals surface area (Å²) in [6.07, 6.45) is 0.172. The van der Waals surface area contributed by atoms with Crippen molar-refractivity contribution < 1.29 is 9.26 Å². The molecule has 0 spiro atoms. The molecule has 1 heterocycles. The Balaban J connectivity index is 1.72. The van der Waals surface area contributed by atoms with Crippen LogP contribution in [0.5, 0.6) is 5.75 Å².